The minimum absolute atomic E-state index is 0.255. The summed E-state index contributed by atoms with van der Waals surface area (Å²) in [5, 5.41) is 8.72. The average Bonchev–Trinajstić information content (AvgIpc) is 2.17. The van der Waals surface area contributed by atoms with Crippen molar-refractivity contribution in [2.24, 2.45) is 11.8 Å². The van der Waals surface area contributed by atoms with Crippen LogP contribution < -0.4 is 0 Å². The van der Waals surface area contributed by atoms with Gasteiger partial charge in [-0.1, -0.05) is 6.92 Å². The van der Waals surface area contributed by atoms with Gasteiger partial charge in [0.05, 0.1) is 0 Å². The molecule has 7 heavy (non-hydrogen) atoms. The van der Waals surface area contributed by atoms with Gasteiger partial charge in [0.15, 0.2) is 0 Å². The van der Waals surface area contributed by atoms with Crippen LogP contribution >= 0.6 is 11.6 Å². The van der Waals surface area contributed by atoms with E-state index in [-0.39, 0.29) is 12.0 Å². The van der Waals surface area contributed by atoms with Gasteiger partial charge in [0, 0.05) is 17.9 Å². The Morgan fingerprint density at radius 1 is 1.71 bits per heavy atom. The number of halogens is 1. The molecule has 3 atom stereocenters. The lowest BCUT2D eigenvalue weighted by Crippen LogP contribution is -1.86. The molecule has 1 saturated carbocycles. The van der Waals surface area contributed by atoms with Gasteiger partial charge in [0.2, 0.25) is 0 Å². The lowest BCUT2D eigenvalue weighted by atomic mass is 10.4. The molecule has 0 aromatic rings. The molecule has 0 bridgehead atoms. The maximum Gasteiger partial charge on any atom is 0.0476 e. The third-order valence-electron chi connectivity index (χ3n) is 1.66. The molecule has 1 nitrogen and oxygen atoms in total. The van der Waals surface area contributed by atoms with Crippen LogP contribution in [-0.4, -0.2) is 17.1 Å². The van der Waals surface area contributed by atoms with E-state index in [0.717, 1.165) is 0 Å². The van der Waals surface area contributed by atoms with Crippen LogP contribution in [0.4, 0.5) is 0 Å². The van der Waals surface area contributed by atoms with Crippen molar-refractivity contribution in [3.8, 4) is 0 Å². The first-order chi connectivity index (χ1) is 3.27. The molecule has 0 saturated heterocycles. The molecule has 42 valence electrons. The summed E-state index contributed by atoms with van der Waals surface area (Å²) in [5.41, 5.74) is 0. The molecular weight excluding hydrogens is 112 g/mol. The number of aliphatic hydroxyl groups excluding tert-OH is 1. The topological polar surface area (TPSA) is 20.2 Å². The van der Waals surface area contributed by atoms with Crippen molar-refractivity contribution < 1.29 is 5.11 Å². The number of hydrogen-bond acceptors (Lipinski definition) is 1. The molecule has 0 aliphatic heterocycles. The van der Waals surface area contributed by atoms with Crippen LogP contribution in [0.1, 0.15) is 6.92 Å². The second kappa shape index (κ2) is 1.64. The monoisotopic (exact) mass is 120 g/mol. The summed E-state index contributed by atoms with van der Waals surface area (Å²) in [6, 6.07) is 0. The van der Waals surface area contributed by atoms with Gasteiger partial charge in [-0.05, 0) is 5.92 Å². The molecule has 0 amide bonds. The zero-order chi connectivity index (χ0) is 5.44. The van der Waals surface area contributed by atoms with Gasteiger partial charge in [-0.3, -0.25) is 0 Å². The first-order valence-corrected chi connectivity index (χ1v) is 2.96. The quantitative estimate of drug-likeness (QED) is 0.509. The lowest BCUT2D eigenvalue weighted by molar-refractivity contribution is 0.271. The van der Waals surface area contributed by atoms with E-state index in [4.69, 9.17) is 16.7 Å². The summed E-state index contributed by atoms with van der Waals surface area (Å²) in [4.78, 5) is 0. The highest BCUT2D eigenvalue weighted by molar-refractivity contribution is 6.22. The van der Waals surface area contributed by atoms with Crippen molar-refractivity contribution in [1.29, 1.82) is 0 Å². The second-order valence-corrected chi connectivity index (χ2v) is 2.65. The van der Waals surface area contributed by atoms with Crippen molar-refractivity contribution in [1.82, 2.24) is 0 Å². The highest BCUT2D eigenvalue weighted by Gasteiger charge is 2.44. The highest BCUT2D eigenvalue weighted by atomic mass is 35.5. The molecule has 1 aliphatic rings. The van der Waals surface area contributed by atoms with E-state index in [0.29, 0.717) is 11.8 Å². The fourth-order valence-electron chi connectivity index (χ4n) is 0.759. The van der Waals surface area contributed by atoms with Gasteiger partial charge in [0.1, 0.15) is 0 Å². The molecule has 2 heteroatoms. The van der Waals surface area contributed by atoms with Gasteiger partial charge < -0.3 is 5.11 Å². The highest BCUT2D eigenvalue weighted by Crippen LogP contribution is 2.42. The molecule has 1 fully saturated rings. The predicted molar refractivity (Wildman–Crippen MR) is 29.4 cm³/mol. The van der Waals surface area contributed by atoms with Crippen molar-refractivity contribution in [2.45, 2.75) is 12.3 Å². The molecule has 1 rings (SSSR count). The van der Waals surface area contributed by atoms with Crippen LogP contribution in [0, 0.1) is 11.8 Å². The van der Waals surface area contributed by atoms with E-state index < -0.39 is 0 Å². The first-order valence-electron chi connectivity index (χ1n) is 2.52. The molecule has 3 unspecified atom stereocenters. The summed E-state index contributed by atoms with van der Waals surface area (Å²) in [7, 11) is 0. The predicted octanol–water partition coefficient (Wildman–Crippen LogP) is 0.852. The maximum atomic E-state index is 8.46. The standard InChI is InChI=1S/C5H9ClO/c1-3-4(2-7)5(3)6/h3-5,7H,2H2,1H3. The summed E-state index contributed by atoms with van der Waals surface area (Å²) >= 11 is 5.64. The van der Waals surface area contributed by atoms with Crippen LogP contribution in [0.5, 0.6) is 0 Å². The molecule has 0 heterocycles. The van der Waals surface area contributed by atoms with Crippen LogP contribution in [0.3, 0.4) is 0 Å². The Labute approximate surface area is 48.3 Å². The largest absolute Gasteiger partial charge is 0.396 e. The van der Waals surface area contributed by atoms with Gasteiger partial charge in [-0.2, -0.15) is 0 Å². The van der Waals surface area contributed by atoms with Gasteiger partial charge in [-0.15, -0.1) is 11.6 Å². The number of hydrogen-bond donors (Lipinski definition) is 1. The van der Waals surface area contributed by atoms with Crippen molar-refractivity contribution >= 4 is 11.6 Å². The Kier molecular flexibility index (Phi) is 1.26. The van der Waals surface area contributed by atoms with Gasteiger partial charge in [0.25, 0.3) is 0 Å². The summed E-state index contributed by atoms with van der Waals surface area (Å²) in [6.45, 7) is 2.31. The van der Waals surface area contributed by atoms with Gasteiger partial charge in [-0.25, -0.2) is 0 Å². The fraction of sp³-hybridized carbons (Fsp3) is 1.00. The second-order valence-electron chi connectivity index (χ2n) is 2.15. The van der Waals surface area contributed by atoms with E-state index in [1.807, 2.05) is 0 Å². The Morgan fingerprint density at radius 2 is 2.14 bits per heavy atom. The van der Waals surface area contributed by atoms with E-state index in [1.165, 1.54) is 0 Å². The van der Waals surface area contributed by atoms with E-state index >= 15 is 0 Å². The molecule has 1 aliphatic carbocycles. The molecule has 0 aromatic carbocycles. The fourth-order valence-corrected chi connectivity index (χ4v) is 1.17. The SMILES string of the molecule is CC1C(Cl)C1CO. The average molecular weight is 121 g/mol. The molecule has 1 N–H and O–H groups in total. The first kappa shape index (κ1) is 5.39. The van der Waals surface area contributed by atoms with E-state index in [2.05, 4.69) is 6.92 Å². The lowest BCUT2D eigenvalue weighted by Gasteiger charge is -1.79. The third-order valence-corrected chi connectivity index (χ3v) is 2.38. The summed E-state index contributed by atoms with van der Waals surface area (Å²) < 4.78 is 0. The summed E-state index contributed by atoms with van der Waals surface area (Å²) in [6.07, 6.45) is 0. The number of alkyl halides is 1. The van der Waals surface area contributed by atoms with Crippen molar-refractivity contribution in [3.05, 3.63) is 0 Å². The van der Waals surface area contributed by atoms with Crippen LogP contribution in [-0.2, 0) is 0 Å². The van der Waals surface area contributed by atoms with Crippen LogP contribution in [0.15, 0.2) is 0 Å². The Balaban J connectivity index is 2.24. The minimum Gasteiger partial charge on any atom is -0.396 e. The normalized spacial score (nSPS) is 49.3. The Hall–Kier alpha value is 0.250. The minimum atomic E-state index is 0.255. The Bertz CT molecular complexity index is 66.5. The number of rotatable bonds is 1. The number of aliphatic hydroxyl groups is 1. The zero-order valence-corrected chi connectivity index (χ0v) is 5.02. The van der Waals surface area contributed by atoms with Crippen LogP contribution in [0.2, 0.25) is 0 Å². The smallest absolute Gasteiger partial charge is 0.0476 e. The summed E-state index contributed by atoms with van der Waals surface area (Å²) in [5.74, 6) is 0.938. The van der Waals surface area contributed by atoms with Crippen LogP contribution in [0.25, 0.3) is 0 Å². The van der Waals surface area contributed by atoms with Crippen molar-refractivity contribution in [2.75, 3.05) is 6.61 Å². The maximum absolute atomic E-state index is 8.46. The van der Waals surface area contributed by atoms with Crippen molar-refractivity contribution in [3.63, 3.8) is 0 Å². The molecule has 0 spiro atoms. The zero-order valence-electron chi connectivity index (χ0n) is 4.26. The Morgan fingerprint density at radius 3 is 2.14 bits per heavy atom. The van der Waals surface area contributed by atoms with E-state index in [1.54, 1.807) is 0 Å². The molecule has 0 aromatic heterocycles. The van der Waals surface area contributed by atoms with E-state index in [9.17, 15) is 0 Å². The molecular formula is C5H9ClO. The van der Waals surface area contributed by atoms with Gasteiger partial charge >= 0.3 is 0 Å². The molecule has 0 radical (unpaired) electrons. The third kappa shape index (κ3) is 0.752.